The molecule has 0 radical (unpaired) electrons. The number of nitrogens with one attached hydrogen (secondary N) is 2. The van der Waals surface area contributed by atoms with Crippen LogP contribution >= 0.6 is 15.9 Å². The minimum absolute atomic E-state index is 0.104. The lowest BCUT2D eigenvalue weighted by Crippen LogP contribution is -2.45. The molecule has 0 fully saturated rings. The van der Waals surface area contributed by atoms with Gasteiger partial charge < -0.3 is 15.7 Å². The molecule has 0 aliphatic carbocycles. The van der Waals surface area contributed by atoms with Crippen LogP contribution in [0.15, 0.2) is 22.7 Å². The van der Waals surface area contributed by atoms with Gasteiger partial charge in [-0.3, -0.25) is 0 Å². The first kappa shape index (κ1) is 15.5. The Morgan fingerprint density at radius 1 is 1.37 bits per heavy atom. The standard InChI is InChI=1S/C13H17BrN2O3/c1-4-13(2,3)16-12(19)15-8-5-6-10(14)9(7-8)11(17)18/h5-7H,4H2,1-3H3,(H,17,18)(H2,15,16,19). The minimum atomic E-state index is -1.05. The van der Waals surface area contributed by atoms with Gasteiger partial charge in [0.25, 0.3) is 0 Å². The highest BCUT2D eigenvalue weighted by atomic mass is 79.9. The van der Waals surface area contributed by atoms with E-state index in [0.29, 0.717) is 10.2 Å². The number of benzene rings is 1. The Morgan fingerprint density at radius 3 is 2.53 bits per heavy atom. The number of carbonyl (C=O) groups excluding carboxylic acids is 1. The maximum absolute atomic E-state index is 11.8. The van der Waals surface area contributed by atoms with Gasteiger partial charge in [0.15, 0.2) is 0 Å². The van der Waals surface area contributed by atoms with E-state index in [1.807, 2.05) is 20.8 Å². The van der Waals surface area contributed by atoms with E-state index in [-0.39, 0.29) is 17.1 Å². The summed E-state index contributed by atoms with van der Waals surface area (Å²) >= 11 is 3.15. The molecule has 0 saturated carbocycles. The second-order valence-electron chi connectivity index (χ2n) is 4.82. The highest BCUT2D eigenvalue weighted by Crippen LogP contribution is 2.21. The molecule has 0 heterocycles. The van der Waals surface area contributed by atoms with Gasteiger partial charge >= 0.3 is 12.0 Å². The number of carboxylic acid groups (broad SMARTS) is 1. The first-order valence-corrected chi connectivity index (χ1v) is 6.66. The third-order valence-electron chi connectivity index (χ3n) is 2.79. The summed E-state index contributed by atoms with van der Waals surface area (Å²) in [5.41, 5.74) is 0.229. The predicted octanol–water partition coefficient (Wildman–Crippen LogP) is 3.46. The molecule has 0 saturated heterocycles. The number of urea groups is 1. The molecule has 6 heteroatoms. The van der Waals surface area contributed by atoms with Crippen molar-refractivity contribution >= 4 is 33.6 Å². The molecule has 0 aromatic heterocycles. The van der Waals surface area contributed by atoms with Crippen LogP contribution in [0.4, 0.5) is 10.5 Å². The summed E-state index contributed by atoms with van der Waals surface area (Å²) in [6.45, 7) is 5.80. The van der Waals surface area contributed by atoms with Crippen molar-refractivity contribution < 1.29 is 14.7 Å². The second-order valence-corrected chi connectivity index (χ2v) is 5.67. The molecular formula is C13H17BrN2O3. The van der Waals surface area contributed by atoms with E-state index < -0.39 is 5.97 Å². The van der Waals surface area contributed by atoms with Gasteiger partial charge in [0, 0.05) is 15.7 Å². The number of anilines is 1. The third kappa shape index (κ3) is 4.55. The van der Waals surface area contributed by atoms with Crippen molar-refractivity contribution in [2.75, 3.05) is 5.32 Å². The fraction of sp³-hybridized carbons (Fsp3) is 0.385. The average Bonchev–Trinajstić information content (AvgIpc) is 2.30. The number of carboxylic acids is 1. The fourth-order valence-electron chi connectivity index (χ4n) is 1.32. The Bertz CT molecular complexity index is 501. The van der Waals surface area contributed by atoms with Gasteiger partial charge in [-0.2, -0.15) is 0 Å². The zero-order valence-electron chi connectivity index (χ0n) is 11.1. The van der Waals surface area contributed by atoms with Gasteiger partial charge in [0.05, 0.1) is 5.56 Å². The average molecular weight is 329 g/mol. The van der Waals surface area contributed by atoms with Crippen molar-refractivity contribution in [3.05, 3.63) is 28.2 Å². The summed E-state index contributed by atoms with van der Waals surface area (Å²) in [6.07, 6.45) is 0.793. The number of hydrogen-bond acceptors (Lipinski definition) is 2. The van der Waals surface area contributed by atoms with Crippen LogP contribution in [0.5, 0.6) is 0 Å². The molecule has 2 amide bonds. The number of halogens is 1. The van der Waals surface area contributed by atoms with Crippen molar-refractivity contribution in [2.45, 2.75) is 32.7 Å². The van der Waals surface area contributed by atoms with Crippen molar-refractivity contribution in [3.8, 4) is 0 Å². The number of rotatable bonds is 4. The Hall–Kier alpha value is -1.56. The summed E-state index contributed by atoms with van der Waals surface area (Å²) in [4.78, 5) is 22.7. The van der Waals surface area contributed by atoms with Crippen LogP contribution in [-0.4, -0.2) is 22.6 Å². The maximum Gasteiger partial charge on any atom is 0.336 e. The van der Waals surface area contributed by atoms with Gasteiger partial charge in [0.2, 0.25) is 0 Å². The Labute approximate surface area is 120 Å². The van der Waals surface area contributed by atoms with Crippen LogP contribution in [0.1, 0.15) is 37.6 Å². The SMILES string of the molecule is CCC(C)(C)NC(=O)Nc1ccc(Br)c(C(=O)O)c1. The van der Waals surface area contributed by atoms with Crippen LogP contribution < -0.4 is 10.6 Å². The van der Waals surface area contributed by atoms with E-state index in [1.165, 1.54) is 6.07 Å². The summed E-state index contributed by atoms with van der Waals surface area (Å²) in [5, 5.41) is 14.4. The smallest absolute Gasteiger partial charge is 0.336 e. The van der Waals surface area contributed by atoms with E-state index in [2.05, 4.69) is 26.6 Å². The van der Waals surface area contributed by atoms with Gasteiger partial charge in [-0.1, -0.05) is 6.92 Å². The van der Waals surface area contributed by atoms with E-state index in [0.717, 1.165) is 6.42 Å². The maximum atomic E-state index is 11.8. The number of hydrogen-bond donors (Lipinski definition) is 3. The van der Waals surface area contributed by atoms with E-state index in [9.17, 15) is 9.59 Å². The largest absolute Gasteiger partial charge is 0.478 e. The molecule has 0 spiro atoms. The first-order valence-electron chi connectivity index (χ1n) is 5.87. The Balaban J connectivity index is 2.81. The second kappa shape index (κ2) is 6.06. The highest BCUT2D eigenvalue weighted by Gasteiger charge is 2.18. The lowest BCUT2D eigenvalue weighted by atomic mass is 10.0. The van der Waals surface area contributed by atoms with Crippen LogP contribution in [0.25, 0.3) is 0 Å². The predicted molar refractivity (Wildman–Crippen MR) is 77.6 cm³/mol. The lowest BCUT2D eigenvalue weighted by Gasteiger charge is -2.24. The molecular weight excluding hydrogens is 312 g/mol. The topological polar surface area (TPSA) is 78.4 Å². The molecule has 104 valence electrons. The summed E-state index contributed by atoms with van der Waals surface area (Å²) in [5.74, 6) is -1.05. The third-order valence-corrected chi connectivity index (χ3v) is 3.48. The molecule has 0 unspecified atom stereocenters. The Kier molecular flexibility index (Phi) is 4.94. The van der Waals surface area contributed by atoms with Crippen LogP contribution in [0, 0.1) is 0 Å². The monoisotopic (exact) mass is 328 g/mol. The highest BCUT2D eigenvalue weighted by molar-refractivity contribution is 9.10. The fourth-order valence-corrected chi connectivity index (χ4v) is 1.74. The molecule has 1 rings (SSSR count). The van der Waals surface area contributed by atoms with Crippen molar-refractivity contribution in [3.63, 3.8) is 0 Å². The summed E-state index contributed by atoms with van der Waals surface area (Å²) in [7, 11) is 0. The van der Waals surface area contributed by atoms with Gasteiger partial charge in [-0.15, -0.1) is 0 Å². The number of aromatic carboxylic acids is 1. The number of amides is 2. The van der Waals surface area contributed by atoms with Gasteiger partial charge in [0.1, 0.15) is 0 Å². The zero-order valence-corrected chi connectivity index (χ0v) is 12.7. The van der Waals surface area contributed by atoms with E-state index >= 15 is 0 Å². The lowest BCUT2D eigenvalue weighted by molar-refractivity contribution is 0.0696. The van der Waals surface area contributed by atoms with Gasteiger partial charge in [-0.25, -0.2) is 9.59 Å². The first-order chi connectivity index (χ1) is 8.75. The van der Waals surface area contributed by atoms with Crippen molar-refractivity contribution in [1.82, 2.24) is 5.32 Å². The molecule has 3 N–H and O–H groups in total. The van der Waals surface area contributed by atoms with Crippen molar-refractivity contribution in [1.29, 1.82) is 0 Å². The van der Waals surface area contributed by atoms with Gasteiger partial charge in [-0.05, 0) is 54.4 Å². The van der Waals surface area contributed by atoms with E-state index in [4.69, 9.17) is 5.11 Å². The molecule has 0 atom stereocenters. The molecule has 1 aromatic rings. The summed E-state index contributed by atoms with van der Waals surface area (Å²) < 4.78 is 0.472. The van der Waals surface area contributed by atoms with E-state index in [1.54, 1.807) is 12.1 Å². The van der Waals surface area contributed by atoms with Crippen LogP contribution in [-0.2, 0) is 0 Å². The molecule has 0 bridgehead atoms. The minimum Gasteiger partial charge on any atom is -0.478 e. The molecule has 0 aliphatic heterocycles. The summed E-state index contributed by atoms with van der Waals surface area (Å²) in [6, 6.07) is 4.27. The normalized spacial score (nSPS) is 10.9. The zero-order chi connectivity index (χ0) is 14.6. The molecule has 19 heavy (non-hydrogen) atoms. The number of carbonyl (C=O) groups is 2. The molecule has 1 aromatic carbocycles. The van der Waals surface area contributed by atoms with Crippen molar-refractivity contribution in [2.24, 2.45) is 0 Å². The van der Waals surface area contributed by atoms with Crippen LogP contribution in [0.3, 0.4) is 0 Å². The van der Waals surface area contributed by atoms with Crippen LogP contribution in [0.2, 0.25) is 0 Å². The Morgan fingerprint density at radius 2 is 2.00 bits per heavy atom. The molecule has 5 nitrogen and oxygen atoms in total. The molecule has 0 aliphatic rings. The quantitative estimate of drug-likeness (QED) is 0.791.